The number of aromatic carboxylic acids is 1. The Kier molecular flexibility index (Phi) is 2.70. The average molecular weight is 263 g/mol. The van der Waals surface area contributed by atoms with Crippen LogP contribution in [-0.2, 0) is 0 Å². The molecule has 0 spiro atoms. The quantitative estimate of drug-likeness (QED) is 0.770. The average Bonchev–Trinajstić information content (AvgIpc) is 2.94. The summed E-state index contributed by atoms with van der Waals surface area (Å²) in [7, 11) is 0. The lowest BCUT2D eigenvalue weighted by Crippen LogP contribution is -2.04. The van der Waals surface area contributed by atoms with Crippen molar-refractivity contribution < 1.29 is 9.90 Å². The fourth-order valence-corrected chi connectivity index (χ4v) is 2.20. The summed E-state index contributed by atoms with van der Waals surface area (Å²) < 4.78 is 1.65. The number of rotatable bonds is 2. The van der Waals surface area contributed by atoms with Crippen LogP contribution in [-0.4, -0.2) is 20.6 Å². The normalized spacial score (nSPS) is 10.3. The van der Waals surface area contributed by atoms with Crippen molar-refractivity contribution in [1.82, 2.24) is 9.55 Å². The van der Waals surface area contributed by atoms with Crippen LogP contribution in [0.3, 0.4) is 0 Å². The van der Waals surface area contributed by atoms with Gasteiger partial charge in [-0.15, -0.1) is 0 Å². The first kappa shape index (κ1) is 11.9. The molecule has 2 aromatic heterocycles. The zero-order valence-corrected chi connectivity index (χ0v) is 10.3. The van der Waals surface area contributed by atoms with Crippen LogP contribution in [0, 0.1) is 11.3 Å². The molecular weight excluding hydrogens is 254 g/mol. The molecule has 1 aromatic carbocycles. The highest BCUT2D eigenvalue weighted by atomic mass is 16.4. The number of hydrogen-bond donors (Lipinski definition) is 1. The lowest BCUT2D eigenvalue weighted by molar-refractivity contribution is 0.0698. The molecule has 1 N–H and O–H groups in total. The maximum atomic E-state index is 11.2. The van der Waals surface area contributed by atoms with E-state index in [4.69, 9.17) is 5.26 Å². The van der Waals surface area contributed by atoms with E-state index in [1.54, 1.807) is 41.1 Å². The number of benzene rings is 1. The van der Waals surface area contributed by atoms with Crippen molar-refractivity contribution in [2.45, 2.75) is 0 Å². The lowest BCUT2D eigenvalue weighted by atomic mass is 10.1. The van der Waals surface area contributed by atoms with E-state index < -0.39 is 5.97 Å². The van der Waals surface area contributed by atoms with Crippen molar-refractivity contribution >= 4 is 16.7 Å². The van der Waals surface area contributed by atoms with Gasteiger partial charge in [0, 0.05) is 23.2 Å². The van der Waals surface area contributed by atoms with Crippen LogP contribution in [0.4, 0.5) is 0 Å². The fraction of sp³-hybridized carbons (Fsp3) is 0. The highest BCUT2D eigenvalue weighted by molar-refractivity contribution is 6.05. The molecule has 0 aliphatic rings. The number of hydrogen-bond acceptors (Lipinski definition) is 3. The summed E-state index contributed by atoms with van der Waals surface area (Å²) in [6, 6.07) is 12.6. The van der Waals surface area contributed by atoms with Crippen molar-refractivity contribution in [3.8, 4) is 11.9 Å². The zero-order chi connectivity index (χ0) is 14.1. The second-order valence-electron chi connectivity index (χ2n) is 4.22. The number of pyridine rings is 1. The minimum Gasteiger partial charge on any atom is -0.478 e. The number of carbonyl (C=O) groups is 1. The van der Waals surface area contributed by atoms with Gasteiger partial charge in [-0.2, -0.15) is 5.26 Å². The van der Waals surface area contributed by atoms with Gasteiger partial charge in [-0.05, 0) is 12.1 Å². The monoisotopic (exact) mass is 263 g/mol. The Hall–Kier alpha value is -3.13. The maximum absolute atomic E-state index is 11.2. The van der Waals surface area contributed by atoms with Gasteiger partial charge in [0.15, 0.2) is 0 Å². The van der Waals surface area contributed by atoms with Crippen LogP contribution >= 0.6 is 0 Å². The molecule has 96 valence electrons. The van der Waals surface area contributed by atoms with Crippen molar-refractivity contribution in [3.63, 3.8) is 0 Å². The molecule has 5 heteroatoms. The highest BCUT2D eigenvalue weighted by Crippen LogP contribution is 2.24. The first-order chi connectivity index (χ1) is 9.72. The van der Waals surface area contributed by atoms with Gasteiger partial charge < -0.3 is 5.11 Å². The van der Waals surface area contributed by atoms with E-state index in [-0.39, 0.29) is 5.56 Å². The van der Waals surface area contributed by atoms with Gasteiger partial charge in [0.05, 0.1) is 5.56 Å². The second-order valence-corrected chi connectivity index (χ2v) is 4.22. The van der Waals surface area contributed by atoms with Gasteiger partial charge in [-0.3, -0.25) is 4.57 Å². The standard InChI is InChI=1S/C15H9N3O2/c16-8-10-4-3-7-18(10)14-12-6-2-1-5-11(12)13(9-17-14)15(19)20/h1-7,9H,(H,19,20). The molecule has 20 heavy (non-hydrogen) atoms. The Morgan fingerprint density at radius 1 is 1.20 bits per heavy atom. The number of carboxylic acids is 1. The van der Waals surface area contributed by atoms with Crippen LogP contribution in [0.2, 0.25) is 0 Å². The second kappa shape index (κ2) is 4.52. The van der Waals surface area contributed by atoms with E-state index in [0.717, 1.165) is 0 Å². The molecule has 0 amide bonds. The van der Waals surface area contributed by atoms with Gasteiger partial charge in [0.1, 0.15) is 17.6 Å². The summed E-state index contributed by atoms with van der Waals surface area (Å²) in [5, 5.41) is 19.6. The molecule has 0 aliphatic heterocycles. The predicted molar refractivity (Wildman–Crippen MR) is 72.7 cm³/mol. The van der Waals surface area contributed by atoms with Crippen LogP contribution in [0.15, 0.2) is 48.8 Å². The predicted octanol–water partition coefficient (Wildman–Crippen LogP) is 2.60. The highest BCUT2D eigenvalue weighted by Gasteiger charge is 2.14. The van der Waals surface area contributed by atoms with E-state index >= 15 is 0 Å². The summed E-state index contributed by atoms with van der Waals surface area (Å²) in [6.07, 6.45) is 3.05. The van der Waals surface area contributed by atoms with Crippen molar-refractivity contribution in [3.05, 3.63) is 60.0 Å². The molecule has 0 fully saturated rings. The molecule has 0 unspecified atom stereocenters. The molecule has 5 nitrogen and oxygen atoms in total. The number of fused-ring (bicyclic) bond motifs is 1. The molecule has 0 saturated carbocycles. The minimum atomic E-state index is -1.02. The van der Waals surface area contributed by atoms with Gasteiger partial charge in [-0.25, -0.2) is 9.78 Å². The minimum absolute atomic E-state index is 0.148. The molecular formula is C15H9N3O2. The number of nitrogens with zero attached hydrogens (tertiary/aromatic N) is 3. The fourth-order valence-electron chi connectivity index (χ4n) is 2.20. The number of carboxylic acid groups (broad SMARTS) is 1. The number of aromatic nitrogens is 2. The van der Waals surface area contributed by atoms with Crippen molar-refractivity contribution in [2.24, 2.45) is 0 Å². The Balaban J connectivity index is 2.37. The largest absolute Gasteiger partial charge is 0.478 e. The zero-order valence-electron chi connectivity index (χ0n) is 10.3. The summed E-state index contributed by atoms with van der Waals surface area (Å²) in [5.41, 5.74) is 0.598. The van der Waals surface area contributed by atoms with Crippen LogP contribution < -0.4 is 0 Å². The molecule has 3 aromatic rings. The third-order valence-electron chi connectivity index (χ3n) is 3.10. The van der Waals surface area contributed by atoms with Gasteiger partial charge in [0.25, 0.3) is 0 Å². The molecule has 0 saturated heterocycles. The number of nitriles is 1. The summed E-state index contributed by atoms with van der Waals surface area (Å²) in [4.78, 5) is 15.4. The lowest BCUT2D eigenvalue weighted by Gasteiger charge is -2.09. The van der Waals surface area contributed by atoms with E-state index in [2.05, 4.69) is 11.1 Å². The topological polar surface area (TPSA) is 78.9 Å². The van der Waals surface area contributed by atoms with E-state index in [1.807, 2.05) is 6.07 Å². The van der Waals surface area contributed by atoms with E-state index in [9.17, 15) is 9.90 Å². The summed E-state index contributed by atoms with van der Waals surface area (Å²) in [5.74, 6) is -0.472. The molecule has 3 rings (SSSR count). The van der Waals surface area contributed by atoms with Gasteiger partial charge in [-0.1, -0.05) is 24.3 Å². The van der Waals surface area contributed by atoms with E-state index in [0.29, 0.717) is 22.3 Å². The van der Waals surface area contributed by atoms with Gasteiger partial charge >= 0.3 is 5.97 Å². The molecule has 0 aliphatic carbocycles. The maximum Gasteiger partial charge on any atom is 0.337 e. The first-order valence-corrected chi connectivity index (χ1v) is 5.91. The Bertz CT molecular complexity index is 859. The molecule has 0 bridgehead atoms. The SMILES string of the molecule is N#Cc1cccn1-c1ncc(C(=O)O)c2ccccc12. The molecule has 0 radical (unpaired) electrons. The van der Waals surface area contributed by atoms with Crippen molar-refractivity contribution in [1.29, 1.82) is 5.26 Å². The van der Waals surface area contributed by atoms with Crippen LogP contribution in [0.25, 0.3) is 16.6 Å². The first-order valence-electron chi connectivity index (χ1n) is 5.91. The third-order valence-corrected chi connectivity index (χ3v) is 3.10. The van der Waals surface area contributed by atoms with E-state index in [1.165, 1.54) is 6.20 Å². The van der Waals surface area contributed by atoms with Crippen molar-refractivity contribution in [2.75, 3.05) is 0 Å². The summed E-state index contributed by atoms with van der Waals surface area (Å²) >= 11 is 0. The Morgan fingerprint density at radius 2 is 1.95 bits per heavy atom. The Morgan fingerprint density at radius 3 is 2.65 bits per heavy atom. The third kappa shape index (κ3) is 1.71. The smallest absolute Gasteiger partial charge is 0.337 e. The van der Waals surface area contributed by atoms with Crippen LogP contribution in [0.1, 0.15) is 16.1 Å². The molecule has 2 heterocycles. The van der Waals surface area contributed by atoms with Gasteiger partial charge in [0.2, 0.25) is 0 Å². The van der Waals surface area contributed by atoms with Crippen LogP contribution in [0.5, 0.6) is 0 Å². The summed E-state index contributed by atoms with van der Waals surface area (Å²) in [6.45, 7) is 0. The Labute approximate surface area is 114 Å². The molecule has 0 atom stereocenters.